The number of hydrogen-bond acceptors (Lipinski definition) is 6. The topological polar surface area (TPSA) is 88.1 Å². The zero-order chi connectivity index (χ0) is 25.3. The van der Waals surface area contributed by atoms with Crippen molar-refractivity contribution in [1.82, 2.24) is 19.5 Å². The molecule has 2 N–H and O–H groups in total. The van der Waals surface area contributed by atoms with Crippen LogP contribution >= 0.6 is 0 Å². The molecule has 3 heterocycles. The van der Waals surface area contributed by atoms with Crippen LogP contribution in [0.25, 0.3) is 11.2 Å². The van der Waals surface area contributed by atoms with Gasteiger partial charge in [-0.3, -0.25) is 4.57 Å². The van der Waals surface area contributed by atoms with E-state index < -0.39 is 14.5 Å². The van der Waals surface area contributed by atoms with Gasteiger partial charge in [0.05, 0.1) is 12.9 Å². The largest absolute Gasteiger partial charge is 0.404 e. The molecule has 8 heteroatoms. The van der Waals surface area contributed by atoms with Gasteiger partial charge >= 0.3 is 0 Å². The van der Waals surface area contributed by atoms with Gasteiger partial charge in [0.1, 0.15) is 17.9 Å². The third-order valence-corrected chi connectivity index (χ3v) is 11.7. The second-order valence-corrected chi connectivity index (χ2v) is 14.3. The van der Waals surface area contributed by atoms with E-state index >= 15 is 0 Å². The summed E-state index contributed by atoms with van der Waals surface area (Å²) >= 11 is 0. The molecular weight excluding hydrogens is 466 g/mol. The lowest BCUT2D eigenvalue weighted by atomic mass is 10.2. The summed E-state index contributed by atoms with van der Waals surface area (Å²) in [6, 6.07) is 21.2. The second kappa shape index (κ2) is 9.46. The van der Waals surface area contributed by atoms with Crippen molar-refractivity contribution in [1.29, 1.82) is 0 Å². The fourth-order valence-corrected chi connectivity index (χ4v) is 9.64. The molecule has 0 bridgehead atoms. The summed E-state index contributed by atoms with van der Waals surface area (Å²) in [5.74, 6) is 0.340. The molecule has 1 aliphatic rings. The highest BCUT2D eigenvalue weighted by atomic mass is 28.4. The van der Waals surface area contributed by atoms with Crippen LogP contribution in [0.15, 0.2) is 97.6 Å². The van der Waals surface area contributed by atoms with Gasteiger partial charge in [0.25, 0.3) is 8.32 Å². The lowest BCUT2D eigenvalue weighted by Gasteiger charge is -2.43. The van der Waals surface area contributed by atoms with Crippen LogP contribution in [0, 0.1) is 0 Å². The average Bonchev–Trinajstić information content (AvgIpc) is 3.49. The van der Waals surface area contributed by atoms with Gasteiger partial charge in [0.2, 0.25) is 0 Å². The summed E-state index contributed by atoms with van der Waals surface area (Å²) in [4.78, 5) is 12.8. The van der Waals surface area contributed by atoms with Crippen molar-refractivity contribution in [2.75, 3.05) is 12.3 Å². The van der Waals surface area contributed by atoms with Crippen LogP contribution < -0.4 is 16.1 Å². The second-order valence-electron chi connectivity index (χ2n) is 9.95. The number of nitrogens with two attached hydrogens (primary N) is 1. The predicted octanol–water partition coefficient (Wildman–Crippen LogP) is 3.99. The number of rotatable bonds is 7. The molecule has 5 rings (SSSR count). The molecule has 0 radical (unpaired) electrons. The number of nitrogen functional groups attached to an aromatic ring is 1. The number of fused-ring (bicyclic) bond motifs is 1. The summed E-state index contributed by atoms with van der Waals surface area (Å²) < 4.78 is 15.4. The van der Waals surface area contributed by atoms with Crippen LogP contribution in [0.3, 0.4) is 0 Å². The minimum Gasteiger partial charge on any atom is -0.404 e. The maximum absolute atomic E-state index is 7.08. The van der Waals surface area contributed by atoms with Crippen molar-refractivity contribution < 1.29 is 9.16 Å². The first kappa shape index (κ1) is 24.1. The molecule has 2 aromatic carbocycles. The molecule has 0 unspecified atom stereocenters. The zero-order valence-corrected chi connectivity index (χ0v) is 21.8. The van der Waals surface area contributed by atoms with E-state index in [0.717, 1.165) is 5.57 Å². The van der Waals surface area contributed by atoms with Gasteiger partial charge in [-0.25, -0.2) is 15.0 Å². The Morgan fingerprint density at radius 1 is 1.03 bits per heavy atom. The van der Waals surface area contributed by atoms with Gasteiger partial charge in [0.15, 0.2) is 17.7 Å². The molecule has 0 saturated carbocycles. The van der Waals surface area contributed by atoms with Crippen molar-refractivity contribution in [2.24, 2.45) is 0 Å². The van der Waals surface area contributed by atoms with Gasteiger partial charge in [-0.2, -0.15) is 0 Å². The van der Waals surface area contributed by atoms with Crippen LogP contribution in [0.1, 0.15) is 27.0 Å². The third kappa shape index (κ3) is 4.07. The van der Waals surface area contributed by atoms with E-state index in [1.54, 1.807) is 6.33 Å². The number of hydrogen-bond donors (Lipinski definition) is 1. The highest BCUT2D eigenvalue weighted by Gasteiger charge is 2.50. The average molecular weight is 498 g/mol. The van der Waals surface area contributed by atoms with Crippen molar-refractivity contribution in [3.05, 3.63) is 97.6 Å². The first-order valence-corrected chi connectivity index (χ1v) is 13.9. The molecule has 0 aliphatic carbocycles. The van der Waals surface area contributed by atoms with E-state index in [1.165, 1.54) is 16.7 Å². The van der Waals surface area contributed by atoms with Crippen molar-refractivity contribution >= 4 is 35.7 Å². The number of aromatic nitrogens is 4. The maximum atomic E-state index is 7.08. The van der Waals surface area contributed by atoms with Gasteiger partial charge in [-0.15, -0.1) is 0 Å². The van der Waals surface area contributed by atoms with E-state index in [4.69, 9.17) is 14.9 Å². The standard InChI is InChI=1S/C28H31N5O2Si/c1-5-20-16-21(35-27(20)33-19-32-24-25(29)30-18-31-26(24)33)17-34-36(28(2,3)4,22-12-8-6-9-13-22)23-14-10-7-11-15-23/h5-16,18-19,21,27H,1,17H2,2-4H3,(H2,29,30,31)/t21-,27+/m0/s1. The van der Waals surface area contributed by atoms with E-state index in [0.29, 0.717) is 23.6 Å². The molecule has 0 amide bonds. The summed E-state index contributed by atoms with van der Waals surface area (Å²) in [5.41, 5.74) is 8.10. The Labute approximate surface area is 212 Å². The number of ether oxygens (including phenoxy) is 1. The molecule has 0 fully saturated rings. The smallest absolute Gasteiger partial charge is 0.261 e. The number of imidazole rings is 1. The molecule has 184 valence electrons. The van der Waals surface area contributed by atoms with Gasteiger partial charge in [0, 0.05) is 0 Å². The first-order chi connectivity index (χ1) is 17.3. The highest BCUT2D eigenvalue weighted by molar-refractivity contribution is 6.99. The quantitative estimate of drug-likeness (QED) is 0.389. The lowest BCUT2D eigenvalue weighted by molar-refractivity contribution is -0.00600. The molecule has 7 nitrogen and oxygen atoms in total. The predicted molar refractivity (Wildman–Crippen MR) is 145 cm³/mol. The molecular formula is C28H31N5O2Si. The fourth-order valence-electron chi connectivity index (χ4n) is 5.07. The van der Waals surface area contributed by atoms with E-state index in [1.807, 2.05) is 22.8 Å². The summed E-state index contributed by atoms with van der Waals surface area (Å²) in [7, 11) is -2.68. The van der Waals surface area contributed by atoms with E-state index in [9.17, 15) is 0 Å². The monoisotopic (exact) mass is 497 g/mol. The third-order valence-electron chi connectivity index (χ3n) is 6.72. The SMILES string of the molecule is C=CC1=C[C@@H](CO[Si](c2ccccc2)(c2ccccc2)C(C)(C)C)O[C@H]1n1cnc2c(N)ncnc21. The molecule has 4 aromatic rings. The Morgan fingerprint density at radius 3 is 2.25 bits per heavy atom. The number of anilines is 1. The number of nitrogens with zero attached hydrogens (tertiary/aromatic N) is 4. The summed E-state index contributed by atoms with van der Waals surface area (Å²) in [5, 5.41) is 2.35. The van der Waals surface area contributed by atoms with E-state index in [2.05, 4.69) is 96.9 Å². The van der Waals surface area contributed by atoms with Crippen LogP contribution in [0.4, 0.5) is 5.82 Å². The van der Waals surface area contributed by atoms with Gasteiger partial charge in [-0.05, 0) is 27.1 Å². The van der Waals surface area contributed by atoms with Gasteiger partial charge < -0.3 is 14.9 Å². The Bertz CT molecular complexity index is 1360. The van der Waals surface area contributed by atoms with Crippen LogP contribution in [0.5, 0.6) is 0 Å². The maximum Gasteiger partial charge on any atom is 0.261 e. The summed E-state index contributed by atoms with van der Waals surface area (Å²) in [6.07, 6.45) is 6.32. The molecule has 2 aromatic heterocycles. The Morgan fingerprint density at radius 2 is 1.67 bits per heavy atom. The number of benzene rings is 2. The minimum atomic E-state index is -2.68. The molecule has 2 atom stereocenters. The van der Waals surface area contributed by atoms with Crippen molar-refractivity contribution in [2.45, 2.75) is 38.1 Å². The van der Waals surface area contributed by atoms with Crippen molar-refractivity contribution in [3.63, 3.8) is 0 Å². The molecule has 1 aliphatic heterocycles. The zero-order valence-electron chi connectivity index (χ0n) is 20.8. The molecule has 0 spiro atoms. The lowest BCUT2D eigenvalue weighted by Crippen LogP contribution is -2.67. The van der Waals surface area contributed by atoms with Crippen molar-refractivity contribution in [3.8, 4) is 0 Å². The Hall–Kier alpha value is -3.59. The fraction of sp³-hybridized carbons (Fsp3) is 0.250. The van der Waals surface area contributed by atoms with E-state index in [-0.39, 0.29) is 11.1 Å². The minimum absolute atomic E-state index is 0.117. The molecule has 0 saturated heterocycles. The van der Waals surface area contributed by atoms with Gasteiger partial charge in [-0.1, -0.05) is 94.1 Å². The normalized spacial score (nSPS) is 18.4. The van der Waals surface area contributed by atoms with Crippen LogP contribution in [-0.4, -0.2) is 40.5 Å². The summed E-state index contributed by atoms with van der Waals surface area (Å²) in [6.45, 7) is 11.2. The van der Waals surface area contributed by atoms with Crippen LogP contribution in [-0.2, 0) is 9.16 Å². The first-order valence-electron chi connectivity index (χ1n) is 12.0. The highest BCUT2D eigenvalue weighted by Crippen LogP contribution is 2.38. The Kier molecular flexibility index (Phi) is 6.34. The van der Waals surface area contributed by atoms with Crippen LogP contribution in [0.2, 0.25) is 5.04 Å². The molecule has 36 heavy (non-hydrogen) atoms. The Balaban J connectivity index is 1.48.